The molecular formula is C16H20F3NOS. The van der Waals surface area contributed by atoms with Gasteiger partial charge in [0.15, 0.2) is 0 Å². The van der Waals surface area contributed by atoms with E-state index in [-0.39, 0.29) is 17.7 Å². The van der Waals surface area contributed by atoms with Gasteiger partial charge in [0.05, 0.1) is 5.41 Å². The van der Waals surface area contributed by atoms with Gasteiger partial charge in [-0.2, -0.15) is 13.2 Å². The third-order valence-electron chi connectivity index (χ3n) is 5.21. The van der Waals surface area contributed by atoms with Crippen LogP contribution in [0.15, 0.2) is 12.1 Å². The molecule has 6 heteroatoms. The van der Waals surface area contributed by atoms with Crippen molar-refractivity contribution in [3.05, 3.63) is 21.9 Å². The summed E-state index contributed by atoms with van der Waals surface area (Å²) in [5, 5.41) is 0. The highest BCUT2D eigenvalue weighted by Gasteiger charge is 2.57. The number of alkyl halides is 3. The molecule has 2 saturated carbocycles. The van der Waals surface area contributed by atoms with E-state index < -0.39 is 16.5 Å². The second-order valence-electron chi connectivity index (χ2n) is 6.60. The summed E-state index contributed by atoms with van der Waals surface area (Å²) in [4.78, 5) is 12.1. The summed E-state index contributed by atoms with van der Waals surface area (Å²) in [6.07, 6.45) is 2.43. The minimum Gasteiger partial charge on any atom is -0.369 e. The zero-order valence-corrected chi connectivity index (χ0v) is 13.1. The quantitative estimate of drug-likeness (QED) is 0.854. The number of hydrogen-bond donors (Lipinski definition) is 1. The van der Waals surface area contributed by atoms with E-state index in [4.69, 9.17) is 5.73 Å². The summed E-state index contributed by atoms with van der Waals surface area (Å²) < 4.78 is 38.7. The molecule has 1 aromatic heterocycles. The molecule has 0 aromatic carbocycles. The Bertz CT molecular complexity index is 556. The van der Waals surface area contributed by atoms with E-state index in [0.29, 0.717) is 17.7 Å². The average molecular weight is 331 g/mol. The molecule has 0 spiro atoms. The van der Waals surface area contributed by atoms with E-state index in [1.807, 2.05) is 0 Å². The molecular weight excluding hydrogens is 311 g/mol. The van der Waals surface area contributed by atoms with Gasteiger partial charge in [-0.1, -0.05) is 19.3 Å². The fourth-order valence-corrected chi connectivity index (χ4v) is 5.13. The zero-order valence-electron chi connectivity index (χ0n) is 12.3. The second kappa shape index (κ2) is 5.55. The first kappa shape index (κ1) is 15.8. The largest absolute Gasteiger partial charge is 0.425 e. The first-order valence-corrected chi connectivity index (χ1v) is 8.63. The lowest BCUT2D eigenvalue weighted by Crippen LogP contribution is -2.34. The van der Waals surface area contributed by atoms with E-state index >= 15 is 0 Å². The molecule has 22 heavy (non-hydrogen) atoms. The Morgan fingerprint density at radius 3 is 2.32 bits per heavy atom. The molecule has 2 nitrogen and oxygen atoms in total. The van der Waals surface area contributed by atoms with Gasteiger partial charge < -0.3 is 5.73 Å². The van der Waals surface area contributed by atoms with E-state index in [0.717, 1.165) is 43.1 Å². The van der Waals surface area contributed by atoms with Crippen LogP contribution in [0.4, 0.5) is 13.2 Å². The van der Waals surface area contributed by atoms with Gasteiger partial charge in [-0.3, -0.25) is 4.79 Å². The normalized spacial score (nSPS) is 23.2. The van der Waals surface area contributed by atoms with Crippen molar-refractivity contribution >= 4 is 17.2 Å². The van der Waals surface area contributed by atoms with E-state index in [9.17, 15) is 18.0 Å². The van der Waals surface area contributed by atoms with Crippen molar-refractivity contribution in [3.8, 4) is 0 Å². The molecule has 0 saturated heterocycles. The highest BCUT2D eigenvalue weighted by atomic mass is 32.1. The topological polar surface area (TPSA) is 43.1 Å². The Balaban J connectivity index is 1.95. The van der Waals surface area contributed by atoms with Gasteiger partial charge in [-0.15, -0.1) is 11.3 Å². The van der Waals surface area contributed by atoms with Crippen molar-refractivity contribution in [2.45, 2.75) is 57.0 Å². The standard InChI is InChI=1S/C16H20F3NOS/c17-16(18,19)12-7-6-11(22-12)13(10-4-2-1-3-5-10)15(8-9-15)14(20)21/h6-7,10,13H,1-5,8-9H2,(H2,20,21)/t13-/m0/s1. The van der Waals surface area contributed by atoms with Crippen LogP contribution in [0.5, 0.6) is 0 Å². The molecule has 0 aliphatic heterocycles. The maximum Gasteiger partial charge on any atom is 0.425 e. The maximum absolute atomic E-state index is 12.9. The predicted molar refractivity (Wildman–Crippen MR) is 79.5 cm³/mol. The molecule has 1 aromatic rings. The van der Waals surface area contributed by atoms with Crippen LogP contribution in [-0.2, 0) is 11.0 Å². The Kier molecular flexibility index (Phi) is 4.00. The van der Waals surface area contributed by atoms with Crippen molar-refractivity contribution < 1.29 is 18.0 Å². The predicted octanol–water partition coefficient (Wildman–Crippen LogP) is 4.70. The van der Waals surface area contributed by atoms with E-state index in [1.54, 1.807) is 6.07 Å². The van der Waals surface area contributed by atoms with Crippen molar-refractivity contribution in [1.82, 2.24) is 0 Å². The SMILES string of the molecule is NC(=O)C1([C@H](c2ccc(C(F)(F)F)s2)C2CCCCC2)CC1. The summed E-state index contributed by atoms with van der Waals surface area (Å²) >= 11 is 0.793. The molecule has 1 amide bonds. The van der Waals surface area contributed by atoms with Crippen molar-refractivity contribution in [2.24, 2.45) is 17.1 Å². The lowest BCUT2D eigenvalue weighted by atomic mass is 9.71. The van der Waals surface area contributed by atoms with Crippen LogP contribution in [0.1, 0.15) is 60.6 Å². The van der Waals surface area contributed by atoms with Gasteiger partial charge in [0.25, 0.3) is 0 Å². The van der Waals surface area contributed by atoms with Crippen LogP contribution in [0, 0.1) is 11.3 Å². The summed E-state index contributed by atoms with van der Waals surface area (Å²) in [7, 11) is 0. The molecule has 3 rings (SSSR count). The van der Waals surface area contributed by atoms with Crippen LogP contribution < -0.4 is 5.73 Å². The van der Waals surface area contributed by atoms with Crippen molar-refractivity contribution in [1.29, 1.82) is 0 Å². The average Bonchev–Trinajstić information content (AvgIpc) is 3.09. The first-order chi connectivity index (χ1) is 10.3. The third kappa shape index (κ3) is 2.77. The molecule has 2 aliphatic rings. The second-order valence-corrected chi connectivity index (χ2v) is 7.71. The number of halogens is 3. The van der Waals surface area contributed by atoms with Gasteiger partial charge in [-0.05, 0) is 43.7 Å². The van der Waals surface area contributed by atoms with Crippen LogP contribution >= 0.6 is 11.3 Å². The number of nitrogens with two attached hydrogens (primary N) is 1. The number of carbonyl (C=O) groups is 1. The van der Waals surface area contributed by atoms with Crippen LogP contribution in [0.25, 0.3) is 0 Å². The van der Waals surface area contributed by atoms with Crippen LogP contribution in [0.3, 0.4) is 0 Å². The lowest BCUT2D eigenvalue weighted by molar-refractivity contribution is -0.134. The van der Waals surface area contributed by atoms with Crippen molar-refractivity contribution in [2.75, 3.05) is 0 Å². The Hall–Kier alpha value is -1.04. The number of carbonyl (C=O) groups excluding carboxylic acids is 1. The van der Waals surface area contributed by atoms with Gasteiger partial charge in [0.1, 0.15) is 4.88 Å². The molecule has 1 heterocycles. The molecule has 2 N–H and O–H groups in total. The first-order valence-electron chi connectivity index (χ1n) is 7.81. The third-order valence-corrected chi connectivity index (χ3v) is 6.42. The van der Waals surface area contributed by atoms with Gasteiger partial charge in [0.2, 0.25) is 5.91 Å². The molecule has 122 valence electrons. The monoisotopic (exact) mass is 331 g/mol. The van der Waals surface area contributed by atoms with Crippen LogP contribution in [-0.4, -0.2) is 5.91 Å². The van der Waals surface area contributed by atoms with Crippen LogP contribution in [0.2, 0.25) is 0 Å². The van der Waals surface area contributed by atoms with Gasteiger partial charge in [0, 0.05) is 10.8 Å². The number of primary amides is 1. The summed E-state index contributed by atoms with van der Waals surface area (Å²) in [5.74, 6) is -0.195. The van der Waals surface area contributed by atoms with E-state index in [1.165, 1.54) is 6.42 Å². The maximum atomic E-state index is 12.9. The fraction of sp³-hybridized carbons (Fsp3) is 0.688. The van der Waals surface area contributed by atoms with Gasteiger partial charge in [-0.25, -0.2) is 0 Å². The highest BCUT2D eigenvalue weighted by molar-refractivity contribution is 7.12. The Labute approximate surface area is 131 Å². The number of rotatable bonds is 4. The van der Waals surface area contributed by atoms with E-state index in [2.05, 4.69) is 0 Å². The Morgan fingerprint density at radius 2 is 1.86 bits per heavy atom. The Morgan fingerprint density at radius 1 is 1.23 bits per heavy atom. The van der Waals surface area contributed by atoms with Crippen molar-refractivity contribution in [3.63, 3.8) is 0 Å². The summed E-state index contributed by atoms with van der Waals surface area (Å²) in [6, 6.07) is 2.71. The lowest BCUT2D eigenvalue weighted by Gasteiger charge is -2.34. The molecule has 2 aliphatic carbocycles. The summed E-state index contributed by atoms with van der Waals surface area (Å²) in [5.41, 5.74) is 5.01. The zero-order chi connectivity index (χ0) is 16.0. The molecule has 0 bridgehead atoms. The number of thiophene rings is 1. The molecule has 1 atom stereocenters. The highest BCUT2D eigenvalue weighted by Crippen LogP contribution is 2.61. The molecule has 2 fully saturated rings. The smallest absolute Gasteiger partial charge is 0.369 e. The number of amides is 1. The molecule has 0 radical (unpaired) electrons. The minimum absolute atomic E-state index is 0.133. The fourth-order valence-electron chi connectivity index (χ4n) is 3.94. The molecule has 0 unspecified atom stereocenters. The summed E-state index contributed by atoms with van der Waals surface area (Å²) in [6.45, 7) is 0. The number of hydrogen-bond acceptors (Lipinski definition) is 2. The minimum atomic E-state index is -4.32. The van der Waals surface area contributed by atoms with Gasteiger partial charge >= 0.3 is 6.18 Å².